The van der Waals surface area contributed by atoms with Crippen LogP contribution in [0.2, 0.25) is 0 Å². The SMILES string of the molecule is FCCN1CC[C@@]12CCCNC2. The van der Waals surface area contributed by atoms with Crippen molar-refractivity contribution in [2.24, 2.45) is 0 Å². The van der Waals surface area contributed by atoms with Gasteiger partial charge in [0.15, 0.2) is 0 Å². The number of halogens is 1. The minimum atomic E-state index is -0.193. The number of hydrogen-bond donors (Lipinski definition) is 1. The van der Waals surface area contributed by atoms with Gasteiger partial charge in [0.05, 0.1) is 0 Å². The van der Waals surface area contributed by atoms with Crippen molar-refractivity contribution in [1.82, 2.24) is 10.2 Å². The maximum absolute atomic E-state index is 12.1. The van der Waals surface area contributed by atoms with Crippen molar-refractivity contribution in [3.63, 3.8) is 0 Å². The number of hydrogen-bond acceptors (Lipinski definition) is 2. The molecule has 0 radical (unpaired) electrons. The Labute approximate surface area is 73.1 Å². The molecule has 2 rings (SSSR count). The zero-order valence-electron chi connectivity index (χ0n) is 7.48. The van der Waals surface area contributed by atoms with Crippen LogP contribution in [0.1, 0.15) is 19.3 Å². The van der Waals surface area contributed by atoms with Gasteiger partial charge in [-0.2, -0.15) is 0 Å². The third-order valence-electron chi connectivity index (χ3n) is 3.32. The number of piperidine rings is 1. The first kappa shape index (κ1) is 8.45. The second-order valence-electron chi connectivity index (χ2n) is 3.93. The van der Waals surface area contributed by atoms with Gasteiger partial charge in [0, 0.05) is 25.2 Å². The number of nitrogens with one attached hydrogen (secondary N) is 1. The molecule has 0 saturated carbocycles. The molecular formula is C9H17FN2. The van der Waals surface area contributed by atoms with E-state index >= 15 is 0 Å². The fourth-order valence-electron chi connectivity index (χ4n) is 2.47. The lowest BCUT2D eigenvalue weighted by Gasteiger charge is -2.55. The molecule has 0 aromatic heterocycles. The zero-order chi connectivity index (χ0) is 8.44. The quantitative estimate of drug-likeness (QED) is 0.662. The van der Waals surface area contributed by atoms with Crippen LogP contribution in [0.25, 0.3) is 0 Å². The number of rotatable bonds is 2. The molecule has 0 aromatic rings. The maximum Gasteiger partial charge on any atom is 0.102 e. The lowest BCUT2D eigenvalue weighted by Crippen LogP contribution is -2.66. The Morgan fingerprint density at radius 3 is 2.83 bits per heavy atom. The molecule has 2 aliphatic rings. The van der Waals surface area contributed by atoms with E-state index in [-0.39, 0.29) is 6.67 Å². The predicted molar refractivity (Wildman–Crippen MR) is 47.0 cm³/mol. The summed E-state index contributed by atoms with van der Waals surface area (Å²) in [5, 5.41) is 3.40. The third-order valence-corrected chi connectivity index (χ3v) is 3.32. The fourth-order valence-corrected chi connectivity index (χ4v) is 2.47. The molecule has 1 N–H and O–H groups in total. The second-order valence-corrected chi connectivity index (χ2v) is 3.93. The van der Waals surface area contributed by atoms with Gasteiger partial charge in [-0.1, -0.05) is 0 Å². The van der Waals surface area contributed by atoms with Crippen molar-refractivity contribution < 1.29 is 4.39 Å². The smallest absolute Gasteiger partial charge is 0.102 e. The van der Waals surface area contributed by atoms with Crippen molar-refractivity contribution in [3.05, 3.63) is 0 Å². The van der Waals surface area contributed by atoms with Crippen molar-refractivity contribution in [2.45, 2.75) is 24.8 Å². The Morgan fingerprint density at radius 1 is 1.42 bits per heavy atom. The Kier molecular flexibility index (Phi) is 2.33. The van der Waals surface area contributed by atoms with E-state index in [9.17, 15) is 4.39 Å². The highest BCUT2D eigenvalue weighted by atomic mass is 19.1. The summed E-state index contributed by atoms with van der Waals surface area (Å²) in [7, 11) is 0. The number of nitrogens with zero attached hydrogens (tertiary/aromatic N) is 1. The Hall–Kier alpha value is -0.150. The molecule has 2 saturated heterocycles. The molecule has 2 heterocycles. The molecule has 0 bridgehead atoms. The summed E-state index contributed by atoms with van der Waals surface area (Å²) in [5.74, 6) is 0. The van der Waals surface area contributed by atoms with E-state index in [0.717, 1.165) is 19.6 Å². The van der Waals surface area contributed by atoms with Gasteiger partial charge in [0.2, 0.25) is 0 Å². The number of alkyl halides is 1. The minimum Gasteiger partial charge on any atom is -0.315 e. The van der Waals surface area contributed by atoms with Crippen LogP contribution in [0, 0.1) is 0 Å². The largest absolute Gasteiger partial charge is 0.315 e. The molecule has 0 unspecified atom stereocenters. The van der Waals surface area contributed by atoms with Gasteiger partial charge in [-0.05, 0) is 25.8 Å². The fraction of sp³-hybridized carbons (Fsp3) is 1.00. The summed E-state index contributed by atoms with van der Waals surface area (Å²) in [6.07, 6.45) is 3.78. The van der Waals surface area contributed by atoms with Gasteiger partial charge >= 0.3 is 0 Å². The van der Waals surface area contributed by atoms with Crippen LogP contribution in [0.4, 0.5) is 4.39 Å². The van der Waals surface area contributed by atoms with Crippen LogP contribution in [0.5, 0.6) is 0 Å². The molecule has 3 heteroatoms. The first-order chi connectivity index (χ1) is 5.87. The highest BCUT2D eigenvalue weighted by molar-refractivity contribution is 5.02. The van der Waals surface area contributed by atoms with Crippen LogP contribution in [-0.4, -0.2) is 43.3 Å². The van der Waals surface area contributed by atoms with Crippen molar-refractivity contribution >= 4 is 0 Å². The molecule has 1 spiro atoms. The van der Waals surface area contributed by atoms with E-state index in [2.05, 4.69) is 10.2 Å². The Morgan fingerprint density at radius 2 is 2.33 bits per heavy atom. The summed E-state index contributed by atoms with van der Waals surface area (Å²) in [6.45, 7) is 3.77. The normalized spacial score (nSPS) is 36.8. The molecular weight excluding hydrogens is 155 g/mol. The molecule has 0 amide bonds. The van der Waals surface area contributed by atoms with E-state index in [1.807, 2.05) is 0 Å². The monoisotopic (exact) mass is 172 g/mol. The van der Waals surface area contributed by atoms with Crippen molar-refractivity contribution in [1.29, 1.82) is 0 Å². The zero-order valence-corrected chi connectivity index (χ0v) is 7.48. The highest BCUT2D eigenvalue weighted by Crippen LogP contribution is 2.35. The van der Waals surface area contributed by atoms with Gasteiger partial charge in [-0.25, -0.2) is 4.39 Å². The lowest BCUT2D eigenvalue weighted by molar-refractivity contribution is -0.0345. The third kappa shape index (κ3) is 1.25. The summed E-state index contributed by atoms with van der Waals surface area (Å²) in [5.41, 5.74) is 0.352. The number of likely N-dealkylation sites (tertiary alicyclic amines) is 1. The summed E-state index contributed by atoms with van der Waals surface area (Å²) in [6, 6.07) is 0. The topological polar surface area (TPSA) is 15.3 Å². The van der Waals surface area contributed by atoms with Crippen LogP contribution >= 0.6 is 0 Å². The summed E-state index contributed by atoms with van der Waals surface area (Å²) >= 11 is 0. The molecule has 0 aliphatic carbocycles. The van der Waals surface area contributed by atoms with E-state index < -0.39 is 0 Å². The van der Waals surface area contributed by atoms with E-state index in [1.54, 1.807) is 0 Å². The van der Waals surface area contributed by atoms with Gasteiger partial charge in [-0.3, -0.25) is 4.90 Å². The standard InChI is InChI=1S/C9H17FN2/c10-4-7-12-6-3-9(12)2-1-5-11-8-9/h11H,1-8H2/t9-/m1/s1. The van der Waals surface area contributed by atoms with Crippen LogP contribution < -0.4 is 5.32 Å². The van der Waals surface area contributed by atoms with Gasteiger partial charge < -0.3 is 5.32 Å². The molecule has 0 aromatic carbocycles. The molecule has 70 valence electrons. The van der Waals surface area contributed by atoms with Gasteiger partial charge in [0.25, 0.3) is 0 Å². The summed E-state index contributed by atoms with van der Waals surface area (Å²) < 4.78 is 12.1. The lowest BCUT2D eigenvalue weighted by atomic mass is 9.78. The first-order valence-electron chi connectivity index (χ1n) is 4.89. The van der Waals surface area contributed by atoms with Crippen molar-refractivity contribution in [2.75, 3.05) is 32.9 Å². The summed E-state index contributed by atoms with van der Waals surface area (Å²) in [4.78, 5) is 2.30. The minimum absolute atomic E-state index is 0.193. The molecule has 1 atom stereocenters. The second kappa shape index (κ2) is 3.30. The maximum atomic E-state index is 12.1. The van der Waals surface area contributed by atoms with E-state index in [4.69, 9.17) is 0 Å². The van der Waals surface area contributed by atoms with E-state index in [0.29, 0.717) is 12.1 Å². The highest BCUT2D eigenvalue weighted by Gasteiger charge is 2.44. The Balaban J connectivity index is 1.91. The Bertz CT molecular complexity index is 155. The van der Waals surface area contributed by atoms with Crippen LogP contribution in [-0.2, 0) is 0 Å². The van der Waals surface area contributed by atoms with Crippen LogP contribution in [0.15, 0.2) is 0 Å². The van der Waals surface area contributed by atoms with Gasteiger partial charge in [0.1, 0.15) is 6.67 Å². The van der Waals surface area contributed by atoms with Crippen molar-refractivity contribution in [3.8, 4) is 0 Å². The molecule has 2 fully saturated rings. The van der Waals surface area contributed by atoms with Crippen LogP contribution in [0.3, 0.4) is 0 Å². The molecule has 12 heavy (non-hydrogen) atoms. The average molecular weight is 172 g/mol. The predicted octanol–water partition coefficient (Wildman–Crippen LogP) is 0.784. The van der Waals surface area contributed by atoms with E-state index in [1.165, 1.54) is 19.3 Å². The first-order valence-corrected chi connectivity index (χ1v) is 4.89. The molecule has 2 aliphatic heterocycles. The average Bonchev–Trinajstić information content (AvgIpc) is 2.14. The molecule has 2 nitrogen and oxygen atoms in total. The van der Waals surface area contributed by atoms with Gasteiger partial charge in [-0.15, -0.1) is 0 Å².